The largest absolute Gasteiger partial charge is 0.451 e. The van der Waals surface area contributed by atoms with Gasteiger partial charge in [0.05, 0.1) is 16.1 Å². The zero-order valence-corrected chi connectivity index (χ0v) is 22.7. The van der Waals surface area contributed by atoms with Gasteiger partial charge in [-0.15, -0.1) is 11.6 Å². The van der Waals surface area contributed by atoms with Crippen molar-refractivity contribution in [2.45, 2.75) is 19.8 Å². The van der Waals surface area contributed by atoms with Crippen molar-refractivity contribution in [2.75, 3.05) is 44.5 Å². The lowest BCUT2D eigenvalue weighted by Gasteiger charge is -2.19. The lowest BCUT2D eigenvalue weighted by molar-refractivity contribution is -0.384. The Morgan fingerprint density at radius 2 is 2.08 bits per heavy atom. The summed E-state index contributed by atoms with van der Waals surface area (Å²) in [5.74, 6) is 0.0211. The first-order valence-electron chi connectivity index (χ1n) is 12.4. The molecule has 1 aliphatic heterocycles. The van der Waals surface area contributed by atoms with Crippen molar-refractivity contribution >= 4 is 56.8 Å². The van der Waals surface area contributed by atoms with Gasteiger partial charge >= 0.3 is 6.09 Å². The number of non-ortho nitro benzene ring substituents is 1. The number of benzene rings is 2. The minimum absolute atomic E-state index is 0.0408. The molecule has 3 heterocycles. The number of likely N-dealkylation sites (N-methyl/N-ethyl adjacent to an activating group) is 2. The Morgan fingerprint density at radius 3 is 2.77 bits per heavy atom. The van der Waals surface area contributed by atoms with Gasteiger partial charge in [-0.1, -0.05) is 0 Å². The Morgan fingerprint density at radius 1 is 1.31 bits per heavy atom. The number of aryl methyl sites for hydroxylation is 2. The van der Waals surface area contributed by atoms with Crippen molar-refractivity contribution in [1.29, 1.82) is 0 Å². The number of H-pyrrole nitrogens is 1. The van der Waals surface area contributed by atoms with E-state index in [1.165, 1.54) is 29.2 Å². The van der Waals surface area contributed by atoms with E-state index in [2.05, 4.69) is 10.3 Å². The van der Waals surface area contributed by atoms with Gasteiger partial charge in [-0.3, -0.25) is 14.9 Å². The molecular weight excluding hydrogens is 526 g/mol. The Balaban J connectivity index is 1.59. The maximum absolute atomic E-state index is 13.8. The fraction of sp³-hybridized carbons (Fsp3) is 0.333. The van der Waals surface area contributed by atoms with Gasteiger partial charge in [0.25, 0.3) is 11.6 Å². The molecule has 204 valence electrons. The Labute approximate surface area is 228 Å². The molecule has 0 radical (unpaired) electrons. The second-order valence-electron chi connectivity index (χ2n) is 9.68. The number of alkyl halides is 1. The Hall–Kier alpha value is -4.09. The van der Waals surface area contributed by atoms with Crippen LogP contribution in [0.15, 0.2) is 34.7 Å². The lowest BCUT2D eigenvalue weighted by Crippen LogP contribution is -2.34. The van der Waals surface area contributed by atoms with E-state index in [-0.39, 0.29) is 23.2 Å². The molecule has 0 unspecified atom stereocenters. The van der Waals surface area contributed by atoms with Gasteiger partial charge in [-0.25, -0.2) is 4.79 Å². The average Bonchev–Trinajstić information content (AvgIpc) is 3.59. The summed E-state index contributed by atoms with van der Waals surface area (Å²) >= 11 is 6.40. The van der Waals surface area contributed by atoms with Crippen LogP contribution in [-0.2, 0) is 0 Å². The average molecular weight is 554 g/mol. The van der Waals surface area contributed by atoms with Gasteiger partial charge in [0.15, 0.2) is 11.5 Å². The van der Waals surface area contributed by atoms with E-state index in [4.69, 9.17) is 20.8 Å². The van der Waals surface area contributed by atoms with E-state index in [0.717, 1.165) is 22.2 Å². The van der Waals surface area contributed by atoms with E-state index in [1.54, 1.807) is 25.1 Å². The highest BCUT2D eigenvalue weighted by Gasteiger charge is 2.37. The molecule has 0 bridgehead atoms. The molecule has 2 N–H and O–H groups in total. The van der Waals surface area contributed by atoms with Gasteiger partial charge in [0, 0.05) is 73.1 Å². The van der Waals surface area contributed by atoms with Gasteiger partial charge in [-0.2, -0.15) is 0 Å². The van der Waals surface area contributed by atoms with Crippen molar-refractivity contribution in [2.24, 2.45) is 0 Å². The van der Waals surface area contributed by atoms with Crippen LogP contribution in [0.4, 0.5) is 16.2 Å². The first-order chi connectivity index (χ1) is 18.6. The molecular formula is C27H28ClN5O6. The number of carbonyl (C=O) groups excluding carboxylic acids is 2. The lowest BCUT2D eigenvalue weighted by atomic mass is 9.96. The number of halogens is 1. The summed E-state index contributed by atoms with van der Waals surface area (Å²) in [6, 6.07) is 7.36. The van der Waals surface area contributed by atoms with Crippen LogP contribution in [0.1, 0.15) is 33.3 Å². The SMILES string of the molecule is CNCCN(C)C(=O)Oc1cc2c(c3c(C)c(C)[nH]c13)[C@H](CCl)CN2C(=O)c1cc2cc([N+](=O)[O-])ccc2o1. The molecule has 0 spiro atoms. The molecule has 5 rings (SSSR count). The number of ether oxygens (including phenoxy) is 1. The van der Waals surface area contributed by atoms with E-state index in [0.29, 0.717) is 47.6 Å². The first kappa shape index (κ1) is 26.5. The molecule has 12 heteroatoms. The number of amides is 2. The zero-order valence-electron chi connectivity index (χ0n) is 22.0. The molecule has 11 nitrogen and oxygen atoms in total. The second kappa shape index (κ2) is 10.2. The third kappa shape index (κ3) is 4.57. The summed E-state index contributed by atoms with van der Waals surface area (Å²) in [7, 11) is 3.45. The smallest absolute Gasteiger partial charge is 0.415 e. The highest BCUT2D eigenvalue weighted by molar-refractivity contribution is 6.19. The van der Waals surface area contributed by atoms with Crippen LogP contribution in [0.3, 0.4) is 0 Å². The number of aromatic nitrogens is 1. The molecule has 0 aliphatic carbocycles. The maximum atomic E-state index is 13.8. The summed E-state index contributed by atoms with van der Waals surface area (Å²) < 4.78 is 11.6. The monoisotopic (exact) mass is 553 g/mol. The minimum atomic E-state index is -0.528. The fourth-order valence-electron chi connectivity index (χ4n) is 5.01. The van der Waals surface area contributed by atoms with Crippen LogP contribution >= 0.6 is 11.6 Å². The number of nitrogens with zero attached hydrogens (tertiary/aromatic N) is 3. The predicted molar refractivity (Wildman–Crippen MR) is 148 cm³/mol. The number of anilines is 1. The highest BCUT2D eigenvalue weighted by atomic mass is 35.5. The van der Waals surface area contributed by atoms with Crippen LogP contribution in [0.5, 0.6) is 5.75 Å². The van der Waals surface area contributed by atoms with Crippen LogP contribution in [0.2, 0.25) is 0 Å². The number of rotatable bonds is 7. The van der Waals surface area contributed by atoms with Crippen molar-refractivity contribution < 1.29 is 23.7 Å². The summed E-state index contributed by atoms with van der Waals surface area (Å²) in [5, 5.41) is 15.5. The van der Waals surface area contributed by atoms with Gasteiger partial charge in [-0.05, 0) is 44.2 Å². The second-order valence-corrected chi connectivity index (χ2v) is 9.99. The van der Waals surface area contributed by atoms with Crippen molar-refractivity contribution in [1.82, 2.24) is 15.2 Å². The first-order valence-corrected chi connectivity index (χ1v) is 13.0. The summed E-state index contributed by atoms with van der Waals surface area (Å²) in [6.07, 6.45) is -0.528. The molecule has 2 aromatic heterocycles. The van der Waals surface area contributed by atoms with Crippen molar-refractivity contribution in [3.63, 3.8) is 0 Å². The zero-order chi connectivity index (χ0) is 28.0. The maximum Gasteiger partial charge on any atom is 0.415 e. The molecule has 1 aliphatic rings. The quantitative estimate of drug-likeness (QED) is 0.185. The van der Waals surface area contributed by atoms with Crippen molar-refractivity contribution in [3.05, 3.63) is 63.0 Å². The number of nitro groups is 1. The standard InChI is InChI=1S/C27H28ClN5O6/c1-14-15(2)30-25-21(39-27(35)31(4)8-7-29-3)11-19-24(23(14)25)17(12-28)13-32(19)26(34)22-10-16-9-18(33(36)37)5-6-20(16)38-22/h5-6,9-11,17,29-30H,7-8,12-13H2,1-4H3/t17-/m1/s1. The number of furan rings is 1. The summed E-state index contributed by atoms with van der Waals surface area (Å²) in [5.41, 5.74) is 4.29. The van der Waals surface area contributed by atoms with Gasteiger partial charge in [0.1, 0.15) is 5.58 Å². The van der Waals surface area contributed by atoms with Crippen LogP contribution in [-0.4, -0.2) is 66.4 Å². The van der Waals surface area contributed by atoms with Crippen LogP contribution in [0, 0.1) is 24.0 Å². The molecule has 0 fully saturated rings. The molecule has 0 saturated carbocycles. The van der Waals surface area contributed by atoms with E-state index in [9.17, 15) is 19.7 Å². The Kier molecular flexibility index (Phi) is 6.96. The molecule has 2 aromatic carbocycles. The minimum Gasteiger partial charge on any atom is -0.451 e. The van der Waals surface area contributed by atoms with Crippen LogP contribution in [0.25, 0.3) is 21.9 Å². The van der Waals surface area contributed by atoms with E-state index >= 15 is 0 Å². The number of aromatic amines is 1. The number of nitro benzene ring substituents is 1. The van der Waals surface area contributed by atoms with Crippen molar-refractivity contribution in [3.8, 4) is 5.75 Å². The van der Waals surface area contributed by atoms with Gasteiger partial charge < -0.3 is 29.3 Å². The van der Waals surface area contributed by atoms with E-state index < -0.39 is 16.9 Å². The molecule has 2 amide bonds. The predicted octanol–water partition coefficient (Wildman–Crippen LogP) is 5.07. The number of fused-ring (bicyclic) bond motifs is 4. The summed E-state index contributed by atoms with van der Waals surface area (Å²) in [4.78, 5) is 43.7. The summed E-state index contributed by atoms with van der Waals surface area (Å²) in [6.45, 7) is 5.27. The number of carbonyl (C=O) groups is 2. The van der Waals surface area contributed by atoms with Crippen LogP contribution < -0.4 is 15.0 Å². The molecule has 0 saturated heterocycles. The highest BCUT2D eigenvalue weighted by Crippen LogP contribution is 2.47. The van der Waals surface area contributed by atoms with Gasteiger partial charge in [0.2, 0.25) is 0 Å². The normalized spacial score (nSPS) is 14.7. The third-order valence-corrected chi connectivity index (χ3v) is 7.59. The third-order valence-electron chi connectivity index (χ3n) is 7.22. The topological polar surface area (TPSA) is 134 Å². The molecule has 4 aromatic rings. The Bertz CT molecular complexity index is 1630. The molecule has 39 heavy (non-hydrogen) atoms. The number of nitrogens with one attached hydrogen (secondary N) is 2. The molecule has 1 atom stereocenters. The number of hydrogen-bond donors (Lipinski definition) is 2. The fourth-order valence-corrected chi connectivity index (χ4v) is 5.27. The van der Waals surface area contributed by atoms with E-state index in [1.807, 2.05) is 13.8 Å². The number of hydrogen-bond acceptors (Lipinski definition) is 7.